The van der Waals surface area contributed by atoms with Crippen LogP contribution >= 0.6 is 0 Å². The molecule has 1 aliphatic rings. The van der Waals surface area contributed by atoms with Gasteiger partial charge in [-0.3, -0.25) is 4.79 Å². The van der Waals surface area contributed by atoms with Crippen molar-refractivity contribution in [3.8, 4) is 0 Å². The Morgan fingerprint density at radius 1 is 1.24 bits per heavy atom. The lowest BCUT2D eigenvalue weighted by Crippen LogP contribution is -2.11. The molecule has 0 bridgehead atoms. The molecule has 1 heteroatoms. The molecule has 1 aromatic rings. The zero-order valence-electron chi connectivity index (χ0n) is 10.7. The molecule has 0 aliphatic heterocycles. The lowest BCUT2D eigenvalue weighted by molar-refractivity contribution is 0.112. The quantitative estimate of drug-likeness (QED) is 0.693. The zero-order chi connectivity index (χ0) is 12.5. The number of hydrogen-bond donors (Lipinski definition) is 0. The summed E-state index contributed by atoms with van der Waals surface area (Å²) in [7, 11) is 0. The zero-order valence-corrected chi connectivity index (χ0v) is 10.7. The minimum absolute atomic E-state index is 0.0819. The summed E-state index contributed by atoms with van der Waals surface area (Å²) in [6.07, 6.45) is 8.13. The van der Waals surface area contributed by atoms with Gasteiger partial charge in [0.25, 0.3) is 0 Å². The molecule has 0 radical (unpaired) electrons. The van der Waals surface area contributed by atoms with E-state index in [0.717, 1.165) is 23.8 Å². The highest BCUT2D eigenvalue weighted by molar-refractivity contribution is 5.87. The van der Waals surface area contributed by atoms with Gasteiger partial charge >= 0.3 is 0 Å². The fourth-order valence-electron chi connectivity index (χ4n) is 2.07. The first kappa shape index (κ1) is 11.8. The van der Waals surface area contributed by atoms with Crippen LogP contribution in [-0.4, -0.2) is 6.29 Å². The van der Waals surface area contributed by atoms with Crippen LogP contribution in [0.2, 0.25) is 0 Å². The molecule has 2 rings (SSSR count). The molecule has 1 aliphatic carbocycles. The highest BCUT2D eigenvalue weighted by Crippen LogP contribution is 2.29. The molecule has 1 aromatic carbocycles. The Labute approximate surface area is 103 Å². The number of carbonyl (C=O) groups excluding carboxylic acids is 1. The predicted molar refractivity (Wildman–Crippen MR) is 72.3 cm³/mol. The lowest BCUT2D eigenvalue weighted by atomic mass is 9.84. The van der Waals surface area contributed by atoms with Gasteiger partial charge in [-0.15, -0.1) is 0 Å². The first-order valence-electron chi connectivity index (χ1n) is 5.98. The third kappa shape index (κ3) is 2.38. The van der Waals surface area contributed by atoms with Gasteiger partial charge in [-0.05, 0) is 34.6 Å². The second-order valence-electron chi connectivity index (χ2n) is 5.49. The molecule has 0 fully saturated rings. The number of carbonyl (C=O) groups is 1. The second-order valence-corrected chi connectivity index (χ2v) is 5.49. The van der Waals surface area contributed by atoms with Crippen molar-refractivity contribution < 1.29 is 4.79 Å². The summed E-state index contributed by atoms with van der Waals surface area (Å²) >= 11 is 0. The molecular formula is C16H18O. The summed E-state index contributed by atoms with van der Waals surface area (Å²) in [5, 5.41) is 0. The van der Waals surface area contributed by atoms with Crippen molar-refractivity contribution in [1.29, 1.82) is 0 Å². The van der Waals surface area contributed by atoms with Crippen LogP contribution < -0.4 is 0 Å². The van der Waals surface area contributed by atoms with Gasteiger partial charge in [0.2, 0.25) is 0 Å². The smallest absolute Gasteiger partial charge is 0.150 e. The Kier molecular flexibility index (Phi) is 3.01. The van der Waals surface area contributed by atoms with E-state index in [1.165, 1.54) is 11.1 Å². The number of hydrogen-bond acceptors (Lipinski definition) is 1. The van der Waals surface area contributed by atoms with Crippen LogP contribution in [0.25, 0.3) is 5.57 Å². The molecule has 0 saturated carbocycles. The maximum absolute atomic E-state index is 11.2. The Bertz CT molecular complexity index is 499. The molecule has 17 heavy (non-hydrogen) atoms. The molecule has 0 heterocycles. The third-order valence-electron chi connectivity index (χ3n) is 3.16. The van der Waals surface area contributed by atoms with Crippen LogP contribution in [0.15, 0.2) is 36.4 Å². The van der Waals surface area contributed by atoms with Crippen molar-refractivity contribution in [2.75, 3.05) is 0 Å². The summed E-state index contributed by atoms with van der Waals surface area (Å²) < 4.78 is 0. The summed E-state index contributed by atoms with van der Waals surface area (Å²) in [6.45, 7) is 6.48. The van der Waals surface area contributed by atoms with Crippen LogP contribution in [0.3, 0.4) is 0 Å². The Morgan fingerprint density at radius 2 is 2.00 bits per heavy atom. The molecule has 88 valence electrons. The molecule has 0 aromatic heterocycles. The van der Waals surface area contributed by atoms with Crippen molar-refractivity contribution in [2.24, 2.45) is 0 Å². The van der Waals surface area contributed by atoms with E-state index >= 15 is 0 Å². The van der Waals surface area contributed by atoms with Crippen LogP contribution in [0.1, 0.15) is 48.7 Å². The van der Waals surface area contributed by atoms with Crippen LogP contribution in [0, 0.1) is 0 Å². The molecule has 1 nitrogen and oxygen atoms in total. The predicted octanol–water partition coefficient (Wildman–Crippen LogP) is 4.14. The van der Waals surface area contributed by atoms with Gasteiger partial charge in [-0.25, -0.2) is 0 Å². The Hall–Kier alpha value is -1.63. The van der Waals surface area contributed by atoms with Gasteiger partial charge in [0, 0.05) is 5.56 Å². The van der Waals surface area contributed by atoms with Crippen molar-refractivity contribution in [1.82, 2.24) is 0 Å². The van der Waals surface area contributed by atoms with Gasteiger partial charge in [-0.1, -0.05) is 51.1 Å². The number of benzene rings is 1. The SMILES string of the molecule is CC(C)(C)c1ccc(C2=CC=CC2)c(C=O)c1. The standard InChI is InChI=1S/C16H18O/c1-16(2,3)14-8-9-15(13(10-14)11-17)12-6-4-5-7-12/h4-6,8-11H,7H2,1-3H3. The minimum atomic E-state index is 0.0819. The summed E-state index contributed by atoms with van der Waals surface area (Å²) in [5.74, 6) is 0. The van der Waals surface area contributed by atoms with Gasteiger partial charge in [0.15, 0.2) is 6.29 Å². The first-order chi connectivity index (χ1) is 8.02. The fourth-order valence-corrected chi connectivity index (χ4v) is 2.07. The summed E-state index contributed by atoms with van der Waals surface area (Å²) in [6, 6.07) is 6.21. The van der Waals surface area contributed by atoms with Crippen molar-refractivity contribution >= 4 is 11.9 Å². The van der Waals surface area contributed by atoms with Crippen LogP contribution in [0.5, 0.6) is 0 Å². The van der Waals surface area contributed by atoms with Crippen molar-refractivity contribution in [2.45, 2.75) is 32.6 Å². The van der Waals surface area contributed by atoms with Crippen LogP contribution in [0.4, 0.5) is 0 Å². The number of rotatable bonds is 2. The monoisotopic (exact) mass is 226 g/mol. The van der Waals surface area contributed by atoms with E-state index in [0.29, 0.717) is 0 Å². The van der Waals surface area contributed by atoms with Gasteiger partial charge < -0.3 is 0 Å². The molecule has 0 saturated heterocycles. The van der Waals surface area contributed by atoms with E-state index in [9.17, 15) is 4.79 Å². The minimum Gasteiger partial charge on any atom is -0.298 e. The third-order valence-corrected chi connectivity index (χ3v) is 3.16. The maximum atomic E-state index is 11.2. The molecule has 0 unspecified atom stereocenters. The summed E-state index contributed by atoms with van der Waals surface area (Å²) in [5.41, 5.74) is 4.38. The van der Waals surface area contributed by atoms with E-state index in [1.807, 2.05) is 12.1 Å². The molecule has 0 amide bonds. The highest BCUT2D eigenvalue weighted by Gasteiger charge is 2.16. The average Bonchev–Trinajstić information content (AvgIpc) is 2.80. The van der Waals surface area contributed by atoms with Crippen molar-refractivity contribution in [3.05, 3.63) is 53.1 Å². The maximum Gasteiger partial charge on any atom is 0.150 e. The van der Waals surface area contributed by atoms with E-state index in [4.69, 9.17) is 0 Å². The second kappa shape index (κ2) is 4.33. The lowest BCUT2D eigenvalue weighted by Gasteiger charge is -2.20. The van der Waals surface area contributed by atoms with Crippen molar-refractivity contribution in [3.63, 3.8) is 0 Å². The van der Waals surface area contributed by atoms with Crippen LogP contribution in [-0.2, 0) is 5.41 Å². The average molecular weight is 226 g/mol. The van der Waals surface area contributed by atoms with Gasteiger partial charge in [-0.2, -0.15) is 0 Å². The van der Waals surface area contributed by atoms with E-state index < -0.39 is 0 Å². The highest BCUT2D eigenvalue weighted by atomic mass is 16.1. The van der Waals surface area contributed by atoms with Gasteiger partial charge in [0.1, 0.15) is 0 Å². The molecule has 0 spiro atoms. The van der Waals surface area contributed by atoms with E-state index in [1.54, 1.807) is 0 Å². The number of allylic oxidation sites excluding steroid dienone is 4. The Morgan fingerprint density at radius 3 is 2.53 bits per heavy atom. The summed E-state index contributed by atoms with van der Waals surface area (Å²) in [4.78, 5) is 11.2. The normalized spacial score (nSPS) is 14.9. The Balaban J connectivity index is 2.46. The molecular weight excluding hydrogens is 208 g/mol. The number of aldehydes is 1. The first-order valence-corrected chi connectivity index (χ1v) is 5.98. The largest absolute Gasteiger partial charge is 0.298 e. The van der Waals surface area contributed by atoms with E-state index in [-0.39, 0.29) is 5.41 Å². The van der Waals surface area contributed by atoms with Gasteiger partial charge in [0.05, 0.1) is 0 Å². The van der Waals surface area contributed by atoms with E-state index in [2.05, 4.69) is 45.1 Å². The fraction of sp³-hybridized carbons (Fsp3) is 0.312. The molecule has 0 atom stereocenters. The topological polar surface area (TPSA) is 17.1 Å². The molecule has 0 N–H and O–H groups in total.